The van der Waals surface area contributed by atoms with Crippen LogP contribution in [0.4, 0.5) is 13.2 Å². The van der Waals surface area contributed by atoms with Gasteiger partial charge in [0.05, 0.1) is 0 Å². The molecule has 0 aromatic heterocycles. The Hall–Kier alpha value is -0.550. The van der Waals surface area contributed by atoms with Crippen molar-refractivity contribution in [1.29, 1.82) is 0 Å². The number of rotatable bonds is 4. The molecule has 0 saturated carbocycles. The highest BCUT2D eigenvalue weighted by molar-refractivity contribution is 7.87. The summed E-state index contributed by atoms with van der Waals surface area (Å²) < 4.78 is 67.7. The van der Waals surface area contributed by atoms with E-state index < -0.39 is 42.8 Å². The zero-order chi connectivity index (χ0) is 15.6. The van der Waals surface area contributed by atoms with Crippen molar-refractivity contribution in [3.63, 3.8) is 0 Å². The SMILES string of the molecule is CC(C)(C)Oc1ccc([I+]OS(=O)(=O)C(F)(F)F)cc1. The largest absolute Gasteiger partial charge is 0.540 e. The van der Waals surface area contributed by atoms with Gasteiger partial charge in [0.15, 0.2) is 0 Å². The summed E-state index contributed by atoms with van der Waals surface area (Å²) in [5.74, 6) is 0.545. The van der Waals surface area contributed by atoms with Crippen molar-refractivity contribution in [2.45, 2.75) is 31.9 Å². The lowest BCUT2D eigenvalue weighted by Gasteiger charge is -2.20. The molecular formula is C11H13F3IO4S+. The third-order valence-corrected chi connectivity index (χ3v) is 5.71. The summed E-state index contributed by atoms with van der Waals surface area (Å²) in [6, 6.07) is 6.09. The van der Waals surface area contributed by atoms with Gasteiger partial charge in [0.25, 0.3) is 0 Å². The van der Waals surface area contributed by atoms with E-state index in [2.05, 4.69) is 2.51 Å². The Bertz CT molecular complexity index is 547. The predicted octanol–water partition coefficient (Wildman–Crippen LogP) is -0.0963. The van der Waals surface area contributed by atoms with Gasteiger partial charge in [0.2, 0.25) is 3.57 Å². The number of halogens is 4. The third kappa shape index (κ3) is 5.44. The van der Waals surface area contributed by atoms with E-state index >= 15 is 0 Å². The molecule has 20 heavy (non-hydrogen) atoms. The first-order valence-electron chi connectivity index (χ1n) is 5.34. The molecular weight excluding hydrogens is 412 g/mol. The van der Waals surface area contributed by atoms with Gasteiger partial charge in [0.1, 0.15) is 11.4 Å². The van der Waals surface area contributed by atoms with Crippen LogP contribution in [0.5, 0.6) is 5.75 Å². The van der Waals surface area contributed by atoms with Crippen LogP contribution >= 0.6 is 0 Å². The summed E-state index contributed by atoms with van der Waals surface area (Å²) in [6.07, 6.45) is 0. The van der Waals surface area contributed by atoms with E-state index in [4.69, 9.17) is 4.74 Å². The molecule has 0 amide bonds. The number of ether oxygens (including phenoxy) is 1. The van der Waals surface area contributed by atoms with Crippen molar-refractivity contribution in [1.82, 2.24) is 0 Å². The molecule has 0 unspecified atom stereocenters. The average Bonchev–Trinajstić information content (AvgIpc) is 2.24. The second-order valence-electron chi connectivity index (χ2n) is 4.71. The summed E-state index contributed by atoms with van der Waals surface area (Å²) in [5, 5.41) is 0. The zero-order valence-corrected chi connectivity index (χ0v) is 13.8. The lowest BCUT2D eigenvalue weighted by atomic mass is 10.2. The summed E-state index contributed by atoms with van der Waals surface area (Å²) >= 11 is -1.74. The molecule has 9 heteroatoms. The molecule has 1 aromatic carbocycles. The monoisotopic (exact) mass is 425 g/mol. The second-order valence-corrected chi connectivity index (χ2v) is 8.97. The molecule has 0 heterocycles. The summed E-state index contributed by atoms with van der Waals surface area (Å²) in [5.41, 5.74) is -5.78. The minimum atomic E-state index is -5.52. The first-order valence-corrected chi connectivity index (χ1v) is 8.71. The Morgan fingerprint density at radius 3 is 1.95 bits per heavy atom. The highest BCUT2D eigenvalue weighted by Gasteiger charge is 2.52. The lowest BCUT2D eigenvalue weighted by molar-refractivity contribution is -0.838. The topological polar surface area (TPSA) is 52.6 Å². The van der Waals surface area contributed by atoms with Gasteiger partial charge in [-0.1, -0.05) is 0 Å². The summed E-state index contributed by atoms with van der Waals surface area (Å²) in [7, 11) is -5.52. The molecule has 0 aliphatic carbocycles. The van der Waals surface area contributed by atoms with Crippen LogP contribution in [0.15, 0.2) is 24.3 Å². The first-order chi connectivity index (χ1) is 8.91. The van der Waals surface area contributed by atoms with Gasteiger partial charge in [-0.2, -0.15) is 21.6 Å². The van der Waals surface area contributed by atoms with Gasteiger partial charge in [0, 0.05) is 2.51 Å². The zero-order valence-electron chi connectivity index (χ0n) is 10.9. The summed E-state index contributed by atoms with van der Waals surface area (Å²) in [6.45, 7) is 5.56. The van der Waals surface area contributed by atoms with Crippen LogP contribution in [0, 0.1) is 3.57 Å². The van der Waals surface area contributed by atoms with Crippen LogP contribution in [-0.2, 0) is 12.6 Å². The fraction of sp³-hybridized carbons (Fsp3) is 0.455. The second kappa shape index (κ2) is 6.06. The molecule has 0 saturated heterocycles. The van der Waals surface area contributed by atoms with Crippen LogP contribution < -0.4 is 26.4 Å². The highest BCUT2D eigenvalue weighted by Crippen LogP contribution is 2.22. The molecule has 0 bridgehead atoms. The smallest absolute Gasteiger partial charge is 0.488 e. The Morgan fingerprint density at radius 2 is 1.55 bits per heavy atom. The van der Waals surface area contributed by atoms with Crippen LogP contribution in [0.3, 0.4) is 0 Å². The standard InChI is InChI=1S/C11H13F3IO4S/c1-10(2,3)18-9-6-4-8(5-7-9)15-19-20(16,17)11(12,13)14/h4-7H,1-3H3/q+1. The maximum atomic E-state index is 12.1. The van der Waals surface area contributed by atoms with Crippen molar-refractivity contribution in [3.8, 4) is 5.75 Å². The normalized spacial score (nSPS) is 13.3. The number of alkyl halides is 3. The predicted molar refractivity (Wildman–Crippen MR) is 61.6 cm³/mol. The molecule has 0 fully saturated rings. The van der Waals surface area contributed by atoms with E-state index in [0.29, 0.717) is 9.32 Å². The Kier molecular flexibility index (Phi) is 5.30. The molecule has 4 nitrogen and oxygen atoms in total. The molecule has 1 aromatic rings. The molecule has 0 aliphatic heterocycles. The van der Waals surface area contributed by atoms with Gasteiger partial charge in [-0.05, 0) is 45.0 Å². The third-order valence-electron chi connectivity index (χ3n) is 1.72. The average molecular weight is 425 g/mol. The van der Waals surface area contributed by atoms with Gasteiger partial charge in [-0.15, -0.1) is 0 Å². The van der Waals surface area contributed by atoms with Crippen molar-refractivity contribution >= 4 is 10.1 Å². The van der Waals surface area contributed by atoms with Crippen LogP contribution in [0.25, 0.3) is 0 Å². The molecule has 0 radical (unpaired) electrons. The van der Waals surface area contributed by atoms with E-state index in [1.165, 1.54) is 12.1 Å². The van der Waals surface area contributed by atoms with Gasteiger partial charge < -0.3 is 4.74 Å². The van der Waals surface area contributed by atoms with Crippen molar-refractivity contribution in [2.75, 3.05) is 0 Å². The maximum Gasteiger partial charge on any atom is 0.540 e. The fourth-order valence-electron chi connectivity index (χ4n) is 1.02. The quantitative estimate of drug-likeness (QED) is 0.500. The van der Waals surface area contributed by atoms with E-state index in [9.17, 15) is 21.6 Å². The maximum absolute atomic E-state index is 12.1. The number of benzene rings is 1. The molecule has 114 valence electrons. The van der Waals surface area contributed by atoms with Gasteiger partial charge in [-0.3, -0.25) is 0 Å². The van der Waals surface area contributed by atoms with E-state index in [0.717, 1.165) is 0 Å². The van der Waals surface area contributed by atoms with E-state index in [-0.39, 0.29) is 0 Å². The van der Waals surface area contributed by atoms with E-state index in [1.54, 1.807) is 12.1 Å². The minimum Gasteiger partial charge on any atom is -0.488 e. The number of hydrogen-bond donors (Lipinski definition) is 0. The minimum absolute atomic E-state index is 0.396. The van der Waals surface area contributed by atoms with E-state index in [1.807, 2.05) is 20.8 Å². The number of hydrogen-bond acceptors (Lipinski definition) is 4. The fourth-order valence-corrected chi connectivity index (χ4v) is 3.85. The Balaban J connectivity index is 2.68. The van der Waals surface area contributed by atoms with Crippen molar-refractivity contribution < 1.29 is 50.5 Å². The van der Waals surface area contributed by atoms with Gasteiger partial charge in [-0.25, -0.2) is 0 Å². The van der Waals surface area contributed by atoms with Gasteiger partial charge >= 0.3 is 37.2 Å². The van der Waals surface area contributed by atoms with Crippen LogP contribution in [-0.4, -0.2) is 19.5 Å². The Labute approximate surface area is 126 Å². The Morgan fingerprint density at radius 1 is 1.05 bits per heavy atom. The van der Waals surface area contributed by atoms with Crippen molar-refractivity contribution in [3.05, 3.63) is 27.8 Å². The molecule has 0 N–H and O–H groups in total. The van der Waals surface area contributed by atoms with Crippen LogP contribution in [0.1, 0.15) is 20.8 Å². The first kappa shape index (κ1) is 17.5. The molecule has 1 rings (SSSR count). The molecule has 0 spiro atoms. The summed E-state index contributed by atoms with van der Waals surface area (Å²) in [4.78, 5) is 0. The van der Waals surface area contributed by atoms with Crippen LogP contribution in [0.2, 0.25) is 0 Å². The molecule has 0 atom stereocenters. The lowest BCUT2D eigenvalue weighted by Crippen LogP contribution is -3.62. The molecule has 0 aliphatic rings. The van der Waals surface area contributed by atoms with Crippen molar-refractivity contribution in [2.24, 2.45) is 0 Å². The highest BCUT2D eigenvalue weighted by atomic mass is 127.